The van der Waals surface area contributed by atoms with E-state index >= 15 is 0 Å². The Morgan fingerprint density at radius 1 is 1.36 bits per heavy atom. The Morgan fingerprint density at radius 2 is 2.08 bits per heavy atom. The van der Waals surface area contributed by atoms with Crippen LogP contribution in [-0.4, -0.2) is 49.6 Å². The number of hydrogen-bond donors (Lipinski definition) is 1. The molecule has 2 aromatic rings. The lowest BCUT2D eigenvalue weighted by Crippen LogP contribution is -2.42. The van der Waals surface area contributed by atoms with E-state index in [4.69, 9.17) is 4.74 Å². The minimum Gasteiger partial charge on any atom is -0.497 e. The summed E-state index contributed by atoms with van der Waals surface area (Å²) < 4.78 is 29.9. The molecule has 1 aliphatic rings. The summed E-state index contributed by atoms with van der Waals surface area (Å²) in [6, 6.07) is 6.80. The van der Waals surface area contributed by atoms with Gasteiger partial charge < -0.3 is 10.1 Å². The number of rotatable bonds is 5. The SMILES string of the molecule is COc1ccc(-c2csc(NC(=O)[C@H]3CCCN3S(C)(=O)=O)n2)cc1. The molecule has 9 heteroatoms. The number of thiazole rings is 1. The molecule has 2 heterocycles. The Balaban J connectivity index is 1.71. The minimum absolute atomic E-state index is 0.335. The summed E-state index contributed by atoms with van der Waals surface area (Å²) in [7, 11) is -1.78. The highest BCUT2D eigenvalue weighted by atomic mass is 32.2. The van der Waals surface area contributed by atoms with Crippen molar-refractivity contribution in [2.24, 2.45) is 0 Å². The summed E-state index contributed by atoms with van der Waals surface area (Å²) in [6.07, 6.45) is 2.33. The Morgan fingerprint density at radius 3 is 2.72 bits per heavy atom. The number of carbonyl (C=O) groups is 1. The first-order valence-electron chi connectivity index (χ1n) is 7.76. The fraction of sp³-hybridized carbons (Fsp3) is 0.375. The highest BCUT2D eigenvalue weighted by Crippen LogP contribution is 2.27. The Labute approximate surface area is 150 Å². The van der Waals surface area contributed by atoms with Crippen molar-refractivity contribution in [3.63, 3.8) is 0 Å². The molecule has 134 valence electrons. The van der Waals surface area contributed by atoms with Crippen molar-refractivity contribution in [2.75, 3.05) is 25.2 Å². The van der Waals surface area contributed by atoms with E-state index in [1.807, 2.05) is 29.6 Å². The van der Waals surface area contributed by atoms with Crippen molar-refractivity contribution in [1.82, 2.24) is 9.29 Å². The molecule has 3 rings (SSSR count). The van der Waals surface area contributed by atoms with Gasteiger partial charge in [-0.1, -0.05) is 0 Å². The van der Waals surface area contributed by atoms with Crippen molar-refractivity contribution in [1.29, 1.82) is 0 Å². The standard InChI is InChI=1S/C16H19N3O4S2/c1-23-12-7-5-11(6-8-12)13-10-24-16(17-13)18-15(20)14-4-3-9-19(14)25(2,21)22/h5-8,10,14H,3-4,9H2,1-2H3,(H,17,18,20)/t14-/m1/s1. The molecular weight excluding hydrogens is 362 g/mol. The van der Waals surface area contributed by atoms with Crippen LogP contribution in [0.4, 0.5) is 5.13 Å². The minimum atomic E-state index is -3.39. The summed E-state index contributed by atoms with van der Waals surface area (Å²) in [5.41, 5.74) is 1.66. The van der Waals surface area contributed by atoms with Gasteiger partial charge in [-0.15, -0.1) is 11.3 Å². The molecule has 7 nitrogen and oxygen atoms in total. The largest absolute Gasteiger partial charge is 0.497 e. The molecule has 1 aromatic carbocycles. The van der Waals surface area contributed by atoms with E-state index in [9.17, 15) is 13.2 Å². The first-order valence-corrected chi connectivity index (χ1v) is 10.5. The zero-order valence-corrected chi connectivity index (χ0v) is 15.6. The molecule has 0 radical (unpaired) electrons. The van der Waals surface area contributed by atoms with Crippen LogP contribution in [0.2, 0.25) is 0 Å². The maximum atomic E-state index is 12.4. The van der Waals surface area contributed by atoms with Crippen molar-refractivity contribution in [2.45, 2.75) is 18.9 Å². The van der Waals surface area contributed by atoms with Gasteiger partial charge in [-0.3, -0.25) is 4.79 Å². The van der Waals surface area contributed by atoms with Gasteiger partial charge in [0.15, 0.2) is 5.13 Å². The van der Waals surface area contributed by atoms with Crippen LogP contribution < -0.4 is 10.1 Å². The lowest BCUT2D eigenvalue weighted by molar-refractivity contribution is -0.119. The monoisotopic (exact) mass is 381 g/mol. The molecule has 0 aliphatic carbocycles. The van der Waals surface area contributed by atoms with E-state index in [1.165, 1.54) is 15.6 Å². The van der Waals surface area contributed by atoms with Gasteiger partial charge in [0, 0.05) is 17.5 Å². The summed E-state index contributed by atoms with van der Waals surface area (Å²) in [5, 5.41) is 5.04. The van der Waals surface area contributed by atoms with Gasteiger partial charge in [0.05, 0.1) is 19.1 Å². The quantitative estimate of drug-likeness (QED) is 0.858. The van der Waals surface area contributed by atoms with E-state index < -0.39 is 16.1 Å². The van der Waals surface area contributed by atoms with E-state index in [0.717, 1.165) is 23.3 Å². The number of hydrogen-bond acceptors (Lipinski definition) is 6. The van der Waals surface area contributed by atoms with E-state index in [-0.39, 0.29) is 5.91 Å². The van der Waals surface area contributed by atoms with Crippen molar-refractivity contribution in [3.05, 3.63) is 29.6 Å². The van der Waals surface area contributed by atoms with Gasteiger partial charge in [0.1, 0.15) is 11.8 Å². The van der Waals surface area contributed by atoms with E-state index in [1.54, 1.807) is 7.11 Å². The number of carbonyl (C=O) groups excluding carboxylic acids is 1. The maximum Gasteiger partial charge on any atom is 0.244 e. The number of methoxy groups -OCH3 is 1. The van der Waals surface area contributed by atoms with Crippen LogP contribution in [0.3, 0.4) is 0 Å². The molecule has 0 bridgehead atoms. The van der Waals surface area contributed by atoms with Crippen LogP contribution in [0.5, 0.6) is 5.75 Å². The molecule has 1 saturated heterocycles. The first-order chi connectivity index (χ1) is 11.9. The second-order valence-electron chi connectivity index (χ2n) is 5.79. The molecule has 0 saturated carbocycles. The van der Waals surface area contributed by atoms with Crippen LogP contribution in [0.15, 0.2) is 29.6 Å². The molecule has 1 aromatic heterocycles. The fourth-order valence-electron chi connectivity index (χ4n) is 2.81. The van der Waals surface area contributed by atoms with Crippen molar-refractivity contribution in [3.8, 4) is 17.0 Å². The first kappa shape index (κ1) is 17.8. The number of sulfonamides is 1. The van der Waals surface area contributed by atoms with Gasteiger partial charge in [-0.05, 0) is 37.1 Å². The van der Waals surface area contributed by atoms with E-state index in [2.05, 4.69) is 10.3 Å². The van der Waals surface area contributed by atoms with Gasteiger partial charge in [-0.25, -0.2) is 13.4 Å². The number of nitrogens with zero attached hydrogens (tertiary/aromatic N) is 2. The molecule has 1 aliphatic heterocycles. The second kappa shape index (κ2) is 7.11. The lowest BCUT2D eigenvalue weighted by Gasteiger charge is -2.20. The number of ether oxygens (including phenoxy) is 1. The summed E-state index contributed by atoms with van der Waals surface area (Å²) in [5.74, 6) is 0.424. The van der Waals surface area contributed by atoms with Crippen LogP contribution in [0.25, 0.3) is 11.3 Å². The number of amides is 1. The number of benzene rings is 1. The molecule has 25 heavy (non-hydrogen) atoms. The highest BCUT2D eigenvalue weighted by Gasteiger charge is 2.36. The molecule has 1 amide bonds. The average molecular weight is 381 g/mol. The highest BCUT2D eigenvalue weighted by molar-refractivity contribution is 7.88. The van der Waals surface area contributed by atoms with Gasteiger partial charge >= 0.3 is 0 Å². The third kappa shape index (κ3) is 4.00. The van der Waals surface area contributed by atoms with E-state index in [0.29, 0.717) is 24.5 Å². The molecule has 1 fully saturated rings. The zero-order chi connectivity index (χ0) is 18.0. The van der Waals surface area contributed by atoms with Crippen LogP contribution in [0.1, 0.15) is 12.8 Å². The predicted molar refractivity (Wildman–Crippen MR) is 97.3 cm³/mol. The molecule has 0 spiro atoms. The van der Waals surface area contributed by atoms with Crippen LogP contribution in [-0.2, 0) is 14.8 Å². The molecular formula is C16H19N3O4S2. The summed E-state index contributed by atoms with van der Waals surface area (Å²) >= 11 is 1.31. The van der Waals surface area contributed by atoms with Crippen LogP contribution >= 0.6 is 11.3 Å². The van der Waals surface area contributed by atoms with Gasteiger partial charge in [-0.2, -0.15) is 4.31 Å². The van der Waals surface area contributed by atoms with Crippen LogP contribution in [0, 0.1) is 0 Å². The molecule has 0 unspecified atom stereocenters. The lowest BCUT2D eigenvalue weighted by atomic mass is 10.2. The van der Waals surface area contributed by atoms with Crippen molar-refractivity contribution >= 4 is 32.4 Å². The summed E-state index contributed by atoms with van der Waals surface area (Å²) in [4.78, 5) is 16.8. The van der Waals surface area contributed by atoms with Gasteiger partial charge in [0.2, 0.25) is 15.9 Å². The van der Waals surface area contributed by atoms with Crippen molar-refractivity contribution < 1.29 is 17.9 Å². The topological polar surface area (TPSA) is 88.6 Å². The Kier molecular flexibility index (Phi) is 5.07. The molecule has 1 atom stereocenters. The smallest absolute Gasteiger partial charge is 0.244 e. The normalized spacial score (nSPS) is 18.2. The third-order valence-electron chi connectivity index (χ3n) is 4.05. The average Bonchev–Trinajstić information content (AvgIpc) is 3.24. The Bertz CT molecular complexity index is 862. The fourth-order valence-corrected chi connectivity index (χ4v) is 4.66. The zero-order valence-electron chi connectivity index (χ0n) is 13.9. The van der Waals surface area contributed by atoms with Gasteiger partial charge in [0.25, 0.3) is 0 Å². The second-order valence-corrected chi connectivity index (χ2v) is 8.58. The number of anilines is 1. The number of aromatic nitrogens is 1. The Hall–Kier alpha value is -1.97. The third-order valence-corrected chi connectivity index (χ3v) is 6.10. The molecule has 1 N–H and O–H groups in total. The maximum absolute atomic E-state index is 12.4. The predicted octanol–water partition coefficient (Wildman–Crippen LogP) is 2.18. The summed E-state index contributed by atoms with van der Waals surface area (Å²) in [6.45, 7) is 0.381. The number of nitrogens with one attached hydrogen (secondary N) is 1.